The first-order valence-corrected chi connectivity index (χ1v) is 12.7. The molecule has 1 aliphatic heterocycles. The van der Waals surface area contributed by atoms with Crippen molar-refractivity contribution in [3.63, 3.8) is 0 Å². The maximum Gasteiger partial charge on any atom is 0.223 e. The zero-order valence-electron chi connectivity index (χ0n) is 18.4. The Morgan fingerprint density at radius 2 is 1.81 bits per heavy atom. The lowest BCUT2D eigenvalue weighted by Crippen LogP contribution is -2.43. The first-order chi connectivity index (χ1) is 15.4. The number of para-hydroxylation sites is 1. The lowest BCUT2D eigenvalue weighted by molar-refractivity contribution is -0.126. The number of hydrogen-bond donors (Lipinski definition) is 1. The van der Waals surface area contributed by atoms with Crippen molar-refractivity contribution < 1.29 is 22.3 Å². The highest BCUT2D eigenvalue weighted by Crippen LogP contribution is 2.22. The molecular formula is C24H31FN2O4S. The molecule has 0 saturated carbocycles. The van der Waals surface area contributed by atoms with Crippen molar-refractivity contribution in [2.45, 2.75) is 38.4 Å². The zero-order chi connectivity index (χ0) is 23.0. The molecule has 174 valence electrons. The van der Waals surface area contributed by atoms with Gasteiger partial charge in [-0.05, 0) is 61.9 Å². The molecule has 6 nitrogen and oxygen atoms in total. The van der Waals surface area contributed by atoms with Crippen molar-refractivity contribution >= 4 is 15.9 Å². The van der Waals surface area contributed by atoms with Gasteiger partial charge in [0.15, 0.2) is 0 Å². The van der Waals surface area contributed by atoms with Crippen LogP contribution in [0, 0.1) is 11.7 Å². The van der Waals surface area contributed by atoms with Gasteiger partial charge in [-0.1, -0.05) is 30.3 Å². The minimum atomic E-state index is -3.49. The van der Waals surface area contributed by atoms with Crippen molar-refractivity contribution in [2.75, 3.05) is 26.2 Å². The number of rotatable bonds is 10. The molecule has 0 spiro atoms. The van der Waals surface area contributed by atoms with Gasteiger partial charge in [-0.25, -0.2) is 17.1 Å². The number of sulfonamides is 1. The molecule has 1 fully saturated rings. The van der Waals surface area contributed by atoms with E-state index in [1.165, 1.54) is 28.6 Å². The molecule has 1 N–H and O–H groups in total. The number of hydrogen-bond acceptors (Lipinski definition) is 4. The second kappa shape index (κ2) is 11.4. The van der Waals surface area contributed by atoms with Crippen molar-refractivity contribution in [1.82, 2.24) is 9.62 Å². The van der Waals surface area contributed by atoms with Gasteiger partial charge in [-0.15, -0.1) is 0 Å². The smallest absolute Gasteiger partial charge is 0.223 e. The summed E-state index contributed by atoms with van der Waals surface area (Å²) < 4.78 is 45.4. The molecule has 32 heavy (non-hydrogen) atoms. The summed E-state index contributed by atoms with van der Waals surface area (Å²) in [7, 11) is -3.49. The van der Waals surface area contributed by atoms with Crippen LogP contribution in [-0.4, -0.2) is 44.9 Å². The SMILES string of the molecule is CCOc1ccccc1CCCNC(=O)C1CCN(S(=O)(=O)Cc2ccc(F)cc2)CC1. The van der Waals surface area contributed by atoms with Gasteiger partial charge in [0.2, 0.25) is 15.9 Å². The second-order valence-corrected chi connectivity index (χ2v) is 9.96. The summed E-state index contributed by atoms with van der Waals surface area (Å²) in [5.41, 5.74) is 1.68. The van der Waals surface area contributed by atoms with Crippen LogP contribution in [-0.2, 0) is 27.0 Å². The van der Waals surface area contributed by atoms with Gasteiger partial charge in [-0.3, -0.25) is 4.79 Å². The van der Waals surface area contributed by atoms with Crippen molar-refractivity contribution in [1.29, 1.82) is 0 Å². The average molecular weight is 463 g/mol. The maximum absolute atomic E-state index is 13.0. The van der Waals surface area contributed by atoms with Gasteiger partial charge in [-0.2, -0.15) is 0 Å². The highest BCUT2D eigenvalue weighted by Gasteiger charge is 2.31. The molecule has 0 aromatic heterocycles. The number of halogens is 1. The van der Waals surface area contributed by atoms with E-state index in [4.69, 9.17) is 4.74 Å². The Labute approximate surface area is 189 Å². The normalized spacial score (nSPS) is 15.4. The van der Waals surface area contributed by atoms with E-state index in [2.05, 4.69) is 5.32 Å². The quantitative estimate of drug-likeness (QED) is 0.548. The molecule has 1 heterocycles. The molecular weight excluding hydrogens is 431 g/mol. The van der Waals surface area contributed by atoms with E-state index in [1.54, 1.807) is 0 Å². The van der Waals surface area contributed by atoms with Crippen LogP contribution in [0.2, 0.25) is 0 Å². The lowest BCUT2D eigenvalue weighted by Gasteiger charge is -2.30. The van der Waals surface area contributed by atoms with Gasteiger partial charge in [0, 0.05) is 25.6 Å². The van der Waals surface area contributed by atoms with Crippen LogP contribution in [0.5, 0.6) is 5.75 Å². The summed E-state index contributed by atoms with van der Waals surface area (Å²) in [6.45, 7) is 3.79. The van der Waals surface area contributed by atoms with Crippen LogP contribution in [0.25, 0.3) is 0 Å². The molecule has 0 atom stereocenters. The first-order valence-electron chi connectivity index (χ1n) is 11.1. The van der Waals surface area contributed by atoms with E-state index in [0.717, 1.165) is 24.2 Å². The fourth-order valence-corrected chi connectivity index (χ4v) is 5.48. The average Bonchev–Trinajstić information content (AvgIpc) is 2.79. The van der Waals surface area contributed by atoms with Gasteiger partial charge < -0.3 is 10.1 Å². The second-order valence-electron chi connectivity index (χ2n) is 7.99. The Hall–Kier alpha value is -2.45. The van der Waals surface area contributed by atoms with E-state index >= 15 is 0 Å². The highest BCUT2D eigenvalue weighted by molar-refractivity contribution is 7.88. The first kappa shape index (κ1) is 24.2. The summed E-state index contributed by atoms with van der Waals surface area (Å²) >= 11 is 0. The summed E-state index contributed by atoms with van der Waals surface area (Å²) in [6.07, 6.45) is 2.63. The number of carbonyl (C=O) groups is 1. The number of aryl methyl sites for hydroxylation is 1. The molecule has 0 radical (unpaired) electrons. The number of carbonyl (C=O) groups excluding carboxylic acids is 1. The summed E-state index contributed by atoms with van der Waals surface area (Å²) in [5, 5.41) is 2.99. The van der Waals surface area contributed by atoms with E-state index in [9.17, 15) is 17.6 Å². The molecule has 3 rings (SSSR count). The maximum atomic E-state index is 13.0. The lowest BCUT2D eigenvalue weighted by atomic mass is 9.97. The summed E-state index contributed by atoms with van der Waals surface area (Å²) in [6, 6.07) is 13.4. The van der Waals surface area contributed by atoms with E-state index in [-0.39, 0.29) is 17.6 Å². The molecule has 8 heteroatoms. The van der Waals surface area contributed by atoms with Crippen LogP contribution in [0.15, 0.2) is 48.5 Å². The number of piperidine rings is 1. The fourth-order valence-electron chi connectivity index (χ4n) is 3.92. The number of amides is 1. The van der Waals surface area contributed by atoms with Crippen molar-refractivity contribution in [3.8, 4) is 5.75 Å². The van der Waals surface area contributed by atoms with Crippen LogP contribution < -0.4 is 10.1 Å². The standard InChI is InChI=1S/C24H31FN2O4S/c1-2-31-23-8-4-3-6-20(23)7-5-15-26-24(28)21-13-16-27(17-14-21)32(29,30)18-19-9-11-22(25)12-10-19/h3-4,6,8-12,21H,2,5,7,13-18H2,1H3,(H,26,28). The van der Waals surface area contributed by atoms with Crippen LogP contribution in [0.3, 0.4) is 0 Å². The van der Waals surface area contributed by atoms with E-state index in [0.29, 0.717) is 44.6 Å². The number of nitrogens with zero attached hydrogens (tertiary/aromatic N) is 1. The number of ether oxygens (including phenoxy) is 1. The number of benzene rings is 2. The summed E-state index contributed by atoms with van der Waals surface area (Å²) in [4.78, 5) is 12.5. The van der Waals surface area contributed by atoms with Gasteiger partial charge in [0.1, 0.15) is 11.6 Å². The van der Waals surface area contributed by atoms with Gasteiger partial charge >= 0.3 is 0 Å². The van der Waals surface area contributed by atoms with Crippen molar-refractivity contribution in [3.05, 3.63) is 65.5 Å². The van der Waals surface area contributed by atoms with Gasteiger partial charge in [0.25, 0.3) is 0 Å². The predicted molar refractivity (Wildman–Crippen MR) is 122 cm³/mol. The highest BCUT2D eigenvalue weighted by atomic mass is 32.2. The third-order valence-corrected chi connectivity index (χ3v) is 7.53. The third-order valence-electron chi connectivity index (χ3n) is 5.68. The molecule has 2 aromatic rings. The summed E-state index contributed by atoms with van der Waals surface area (Å²) in [5.74, 6) is 0.140. The Kier molecular flexibility index (Phi) is 8.64. The van der Waals surface area contributed by atoms with Crippen LogP contribution in [0.1, 0.15) is 37.3 Å². The minimum Gasteiger partial charge on any atom is -0.494 e. The Balaban J connectivity index is 1.41. The van der Waals surface area contributed by atoms with Crippen LogP contribution in [0.4, 0.5) is 4.39 Å². The Bertz CT molecular complexity index is 987. The largest absolute Gasteiger partial charge is 0.494 e. The zero-order valence-corrected chi connectivity index (χ0v) is 19.2. The van der Waals surface area contributed by atoms with Gasteiger partial charge in [0.05, 0.1) is 12.4 Å². The van der Waals surface area contributed by atoms with E-state index in [1.807, 2.05) is 31.2 Å². The monoisotopic (exact) mass is 462 g/mol. The van der Waals surface area contributed by atoms with Crippen LogP contribution >= 0.6 is 0 Å². The third kappa shape index (κ3) is 6.77. The Morgan fingerprint density at radius 3 is 2.50 bits per heavy atom. The molecule has 0 unspecified atom stereocenters. The predicted octanol–water partition coefficient (Wildman–Crippen LogP) is 3.52. The molecule has 2 aromatic carbocycles. The Morgan fingerprint density at radius 1 is 1.12 bits per heavy atom. The molecule has 1 amide bonds. The fraction of sp³-hybridized carbons (Fsp3) is 0.458. The topological polar surface area (TPSA) is 75.7 Å². The van der Waals surface area contributed by atoms with E-state index < -0.39 is 15.8 Å². The molecule has 1 saturated heterocycles. The molecule has 0 bridgehead atoms. The van der Waals surface area contributed by atoms with Crippen molar-refractivity contribution in [2.24, 2.45) is 5.92 Å². The molecule has 1 aliphatic rings. The molecule has 0 aliphatic carbocycles. The minimum absolute atomic E-state index is 0.0151. The number of nitrogens with one attached hydrogen (secondary N) is 1.